The van der Waals surface area contributed by atoms with Crippen LogP contribution in [0.2, 0.25) is 0 Å². The average Bonchev–Trinajstić information content (AvgIpc) is 3.37. The maximum atomic E-state index is 11.6. The van der Waals surface area contributed by atoms with Gasteiger partial charge in [0.15, 0.2) is 11.6 Å². The maximum Gasteiger partial charge on any atom is 0.160 e. The highest BCUT2D eigenvalue weighted by molar-refractivity contribution is 7.07. The first-order valence-electron chi connectivity index (χ1n) is 10.1. The number of nitrogens with zero attached hydrogens (tertiary/aromatic N) is 3. The predicted molar refractivity (Wildman–Crippen MR) is 120 cm³/mol. The number of thiazole rings is 1. The molecule has 2 heterocycles. The number of carbonyl (C=O) groups excluding carboxylic acids is 1. The number of hydrogen-bond donors (Lipinski definition) is 0. The van der Waals surface area contributed by atoms with Crippen molar-refractivity contribution in [2.45, 2.75) is 46.1 Å². The molecule has 0 unspecified atom stereocenters. The van der Waals surface area contributed by atoms with E-state index in [2.05, 4.69) is 41.6 Å². The van der Waals surface area contributed by atoms with E-state index in [0.29, 0.717) is 12.5 Å². The van der Waals surface area contributed by atoms with E-state index in [1.807, 2.05) is 35.2 Å². The Labute approximate surface area is 175 Å². The number of hydrogen-bond acceptors (Lipinski definition) is 4. The lowest BCUT2D eigenvalue weighted by Crippen LogP contribution is -2.03. The fraction of sp³-hybridized carbons (Fsp3) is 0.292. The Morgan fingerprint density at radius 1 is 1.10 bits per heavy atom. The number of fused-ring (bicyclic) bond motifs is 1. The second-order valence-corrected chi connectivity index (χ2v) is 8.13. The minimum absolute atomic E-state index is 0.0849. The van der Waals surface area contributed by atoms with Crippen LogP contribution in [0, 0.1) is 0 Å². The van der Waals surface area contributed by atoms with Crippen molar-refractivity contribution in [3.05, 3.63) is 70.0 Å². The van der Waals surface area contributed by atoms with Crippen molar-refractivity contribution >= 4 is 28.2 Å². The highest BCUT2D eigenvalue weighted by Crippen LogP contribution is 2.30. The second kappa shape index (κ2) is 8.29. The molecule has 0 fully saturated rings. The van der Waals surface area contributed by atoms with Gasteiger partial charge in [-0.15, -0.1) is 11.3 Å². The minimum atomic E-state index is 0.0849. The lowest BCUT2D eigenvalue weighted by Gasteiger charge is -2.13. The van der Waals surface area contributed by atoms with Crippen LogP contribution in [0.4, 0.5) is 0 Å². The first-order chi connectivity index (χ1) is 14.1. The Morgan fingerprint density at radius 3 is 2.48 bits per heavy atom. The molecular formula is C24H25N3OS. The first-order valence-corrected chi connectivity index (χ1v) is 11.0. The predicted octanol–water partition coefficient (Wildman–Crippen LogP) is 6.31. The van der Waals surface area contributed by atoms with Gasteiger partial charge in [-0.1, -0.05) is 44.2 Å². The van der Waals surface area contributed by atoms with Crippen LogP contribution in [0.15, 0.2) is 53.4 Å². The van der Waals surface area contributed by atoms with Crippen LogP contribution in [0.25, 0.3) is 22.6 Å². The van der Waals surface area contributed by atoms with E-state index >= 15 is 0 Å². The molecule has 2 aromatic heterocycles. The Morgan fingerprint density at radius 2 is 1.86 bits per heavy atom. The number of benzene rings is 2. The van der Waals surface area contributed by atoms with Gasteiger partial charge in [0.1, 0.15) is 5.69 Å². The van der Waals surface area contributed by atoms with Crippen LogP contribution in [0.3, 0.4) is 0 Å². The van der Waals surface area contributed by atoms with Crippen molar-refractivity contribution in [3.63, 3.8) is 0 Å². The average molecular weight is 404 g/mol. The zero-order chi connectivity index (χ0) is 20.4. The summed E-state index contributed by atoms with van der Waals surface area (Å²) in [5.74, 6) is 1.53. The molecule has 29 heavy (non-hydrogen) atoms. The van der Waals surface area contributed by atoms with E-state index in [-0.39, 0.29) is 5.78 Å². The van der Waals surface area contributed by atoms with Gasteiger partial charge >= 0.3 is 0 Å². The molecule has 0 aliphatic heterocycles. The number of carbonyl (C=O) groups is 1. The molecule has 5 heteroatoms. The standard InChI is InChI=1S/C24H25N3OS/c1-4-18(5-2)20-10-11-23-21(12-20)26-24(22-14-29-15-25-22)27(23)13-17-6-8-19(9-7-17)16(3)28/h6-12,14-15,18H,4-5,13H2,1-3H3. The Balaban J connectivity index is 1.80. The van der Waals surface area contributed by atoms with Gasteiger partial charge in [0.05, 0.1) is 16.5 Å². The lowest BCUT2D eigenvalue weighted by atomic mass is 9.94. The maximum absolute atomic E-state index is 11.6. The Kier molecular flexibility index (Phi) is 5.58. The summed E-state index contributed by atoms with van der Waals surface area (Å²) in [7, 11) is 0. The number of imidazole rings is 1. The van der Waals surface area contributed by atoms with Crippen molar-refractivity contribution in [3.8, 4) is 11.5 Å². The molecule has 2 aromatic carbocycles. The highest BCUT2D eigenvalue weighted by atomic mass is 32.1. The zero-order valence-electron chi connectivity index (χ0n) is 17.1. The zero-order valence-corrected chi connectivity index (χ0v) is 17.9. The van der Waals surface area contributed by atoms with Crippen molar-refractivity contribution in [1.29, 1.82) is 0 Å². The molecule has 0 saturated carbocycles. The number of ketones is 1. The smallest absolute Gasteiger partial charge is 0.160 e. The van der Waals surface area contributed by atoms with E-state index in [1.165, 1.54) is 5.56 Å². The molecule has 0 N–H and O–H groups in total. The van der Waals surface area contributed by atoms with Gasteiger partial charge in [-0.3, -0.25) is 4.79 Å². The Bertz CT molecular complexity index is 1120. The SMILES string of the molecule is CCC(CC)c1ccc2c(c1)nc(-c1cscn1)n2Cc1ccc(C(C)=O)cc1. The van der Waals surface area contributed by atoms with Crippen molar-refractivity contribution in [2.24, 2.45) is 0 Å². The number of Topliss-reactive ketones (excluding diaryl/α,β-unsaturated/α-hetero) is 1. The first kappa shape index (κ1) is 19.5. The molecule has 148 valence electrons. The van der Waals surface area contributed by atoms with E-state index in [9.17, 15) is 4.79 Å². The van der Waals surface area contributed by atoms with Gasteiger partial charge in [-0.2, -0.15) is 0 Å². The van der Waals surface area contributed by atoms with Gasteiger partial charge in [0.25, 0.3) is 0 Å². The molecule has 4 aromatic rings. The van der Waals surface area contributed by atoms with Gasteiger partial charge < -0.3 is 4.57 Å². The normalized spacial score (nSPS) is 11.4. The molecule has 0 bridgehead atoms. The summed E-state index contributed by atoms with van der Waals surface area (Å²) >= 11 is 1.58. The summed E-state index contributed by atoms with van der Waals surface area (Å²) in [6.07, 6.45) is 2.26. The van der Waals surface area contributed by atoms with Gasteiger partial charge in [0.2, 0.25) is 0 Å². The lowest BCUT2D eigenvalue weighted by molar-refractivity contribution is 0.101. The summed E-state index contributed by atoms with van der Waals surface area (Å²) in [5.41, 5.74) is 8.08. The third-order valence-corrected chi connectivity index (χ3v) is 6.18. The summed E-state index contributed by atoms with van der Waals surface area (Å²) < 4.78 is 2.23. The molecule has 0 atom stereocenters. The van der Waals surface area contributed by atoms with E-state index in [4.69, 9.17) is 4.98 Å². The number of aromatic nitrogens is 3. The van der Waals surface area contributed by atoms with Crippen molar-refractivity contribution < 1.29 is 4.79 Å². The molecule has 4 rings (SSSR count). The van der Waals surface area contributed by atoms with Crippen LogP contribution in [0.1, 0.15) is 61.0 Å². The summed E-state index contributed by atoms with van der Waals surface area (Å²) in [6, 6.07) is 14.5. The number of rotatable bonds is 7. The van der Waals surface area contributed by atoms with Crippen LogP contribution in [-0.4, -0.2) is 20.3 Å². The monoisotopic (exact) mass is 403 g/mol. The molecule has 0 spiro atoms. The minimum Gasteiger partial charge on any atom is -0.318 e. The summed E-state index contributed by atoms with van der Waals surface area (Å²) in [4.78, 5) is 21.0. The fourth-order valence-corrected chi connectivity index (χ4v) is 4.40. The van der Waals surface area contributed by atoms with Crippen molar-refractivity contribution in [2.75, 3.05) is 0 Å². The van der Waals surface area contributed by atoms with Crippen molar-refractivity contribution in [1.82, 2.24) is 14.5 Å². The molecule has 0 aliphatic carbocycles. The quantitative estimate of drug-likeness (QED) is 0.340. The van der Waals surface area contributed by atoms with E-state index < -0.39 is 0 Å². The topological polar surface area (TPSA) is 47.8 Å². The van der Waals surface area contributed by atoms with Crippen LogP contribution in [-0.2, 0) is 6.54 Å². The molecule has 4 nitrogen and oxygen atoms in total. The molecular weight excluding hydrogens is 378 g/mol. The third-order valence-electron chi connectivity index (χ3n) is 5.59. The molecule has 0 amide bonds. The van der Waals surface area contributed by atoms with Gasteiger partial charge in [-0.25, -0.2) is 9.97 Å². The molecule has 0 saturated heterocycles. The summed E-state index contributed by atoms with van der Waals surface area (Å²) in [6.45, 7) is 6.76. The molecule has 0 radical (unpaired) electrons. The van der Waals surface area contributed by atoms with Gasteiger partial charge in [-0.05, 0) is 48.9 Å². The van der Waals surface area contributed by atoms with E-state index in [1.54, 1.807) is 18.3 Å². The second-order valence-electron chi connectivity index (χ2n) is 7.41. The third kappa shape index (κ3) is 3.87. The summed E-state index contributed by atoms with van der Waals surface area (Å²) in [5, 5.41) is 2.04. The highest BCUT2D eigenvalue weighted by Gasteiger charge is 2.16. The van der Waals surface area contributed by atoms with Crippen LogP contribution in [0.5, 0.6) is 0 Å². The fourth-order valence-electron chi connectivity index (χ4n) is 3.87. The largest absolute Gasteiger partial charge is 0.318 e. The van der Waals surface area contributed by atoms with Gasteiger partial charge in [0, 0.05) is 17.5 Å². The Hall–Kier alpha value is -2.79. The van der Waals surface area contributed by atoms with Crippen LogP contribution < -0.4 is 0 Å². The molecule has 0 aliphatic rings. The van der Waals surface area contributed by atoms with E-state index in [0.717, 1.165) is 46.5 Å². The van der Waals surface area contributed by atoms with Crippen LogP contribution >= 0.6 is 11.3 Å².